The number of para-hydroxylation sites is 1. The van der Waals surface area contributed by atoms with Gasteiger partial charge in [0.2, 0.25) is 0 Å². The number of hydrogen-bond acceptors (Lipinski definition) is 0. The van der Waals surface area contributed by atoms with Crippen LogP contribution in [0.25, 0.3) is 22.7 Å². The standard InChI is InChI=1S/C18H14BrN/c19-13-10-11-16-15-8-4-5-9-17(15)20(18(16)12-13)14-6-2-1-3-7-14/h1-4,6-8,10-12H,5,9H2. The maximum Gasteiger partial charge on any atom is 0.0548 e. The molecule has 0 bridgehead atoms. The second-order valence-corrected chi connectivity index (χ2v) is 6.05. The van der Waals surface area contributed by atoms with Crippen LogP contribution in [-0.4, -0.2) is 4.57 Å². The summed E-state index contributed by atoms with van der Waals surface area (Å²) in [6.45, 7) is 0. The van der Waals surface area contributed by atoms with E-state index in [4.69, 9.17) is 0 Å². The molecule has 2 heteroatoms. The lowest BCUT2D eigenvalue weighted by atomic mass is 10.0. The molecular weight excluding hydrogens is 310 g/mol. The molecule has 0 fully saturated rings. The Morgan fingerprint density at radius 3 is 2.70 bits per heavy atom. The summed E-state index contributed by atoms with van der Waals surface area (Å²) in [5.74, 6) is 0. The number of hydrogen-bond donors (Lipinski definition) is 0. The number of rotatable bonds is 1. The first-order valence-electron chi connectivity index (χ1n) is 6.89. The minimum atomic E-state index is 1.10. The molecule has 0 amide bonds. The van der Waals surface area contributed by atoms with Crippen LogP contribution >= 0.6 is 15.9 Å². The third-order valence-electron chi connectivity index (χ3n) is 3.92. The Balaban J connectivity index is 2.13. The first-order valence-corrected chi connectivity index (χ1v) is 7.69. The summed E-state index contributed by atoms with van der Waals surface area (Å²) in [7, 11) is 0. The summed E-state index contributed by atoms with van der Waals surface area (Å²) < 4.78 is 3.53. The second-order valence-electron chi connectivity index (χ2n) is 5.13. The van der Waals surface area contributed by atoms with E-state index in [-0.39, 0.29) is 0 Å². The molecule has 0 saturated heterocycles. The molecule has 0 N–H and O–H groups in total. The Morgan fingerprint density at radius 1 is 1.00 bits per heavy atom. The van der Waals surface area contributed by atoms with Crippen LogP contribution in [0, 0.1) is 0 Å². The molecule has 2 aromatic carbocycles. The van der Waals surface area contributed by atoms with Gasteiger partial charge in [-0.3, -0.25) is 0 Å². The van der Waals surface area contributed by atoms with E-state index >= 15 is 0 Å². The molecule has 0 unspecified atom stereocenters. The molecule has 4 rings (SSSR count). The van der Waals surface area contributed by atoms with Gasteiger partial charge < -0.3 is 4.57 Å². The summed E-state index contributed by atoms with van der Waals surface area (Å²) in [5, 5.41) is 1.34. The molecule has 0 spiro atoms. The van der Waals surface area contributed by atoms with Gasteiger partial charge in [0.25, 0.3) is 0 Å². The number of aromatic nitrogens is 1. The van der Waals surface area contributed by atoms with E-state index in [9.17, 15) is 0 Å². The van der Waals surface area contributed by atoms with E-state index in [2.05, 4.69) is 81.2 Å². The molecular formula is C18H14BrN. The largest absolute Gasteiger partial charge is 0.313 e. The summed E-state index contributed by atoms with van der Waals surface area (Å²) >= 11 is 3.60. The monoisotopic (exact) mass is 323 g/mol. The number of nitrogens with zero attached hydrogens (tertiary/aromatic N) is 1. The third kappa shape index (κ3) is 1.75. The Hall–Kier alpha value is -1.80. The molecule has 0 aliphatic heterocycles. The summed E-state index contributed by atoms with van der Waals surface area (Å²) in [5.41, 5.74) is 5.32. The highest BCUT2D eigenvalue weighted by Gasteiger charge is 2.18. The fourth-order valence-electron chi connectivity index (χ4n) is 3.06. The molecule has 1 aromatic heterocycles. The molecule has 1 heterocycles. The minimum Gasteiger partial charge on any atom is -0.313 e. The summed E-state index contributed by atoms with van der Waals surface area (Å²) in [6, 6.07) is 17.2. The molecule has 0 saturated carbocycles. The maximum absolute atomic E-state index is 3.60. The van der Waals surface area contributed by atoms with Gasteiger partial charge in [-0.1, -0.05) is 52.3 Å². The molecule has 1 aliphatic rings. The predicted octanol–water partition coefficient (Wildman–Crippen LogP) is 5.35. The van der Waals surface area contributed by atoms with Crippen LogP contribution in [0.3, 0.4) is 0 Å². The normalized spacial score (nSPS) is 13.7. The molecule has 1 aliphatic carbocycles. The van der Waals surface area contributed by atoms with E-state index in [0.29, 0.717) is 0 Å². The average molecular weight is 324 g/mol. The minimum absolute atomic E-state index is 1.10. The quantitative estimate of drug-likeness (QED) is 0.568. The van der Waals surface area contributed by atoms with Crippen molar-refractivity contribution in [3.8, 4) is 5.69 Å². The number of benzene rings is 2. The van der Waals surface area contributed by atoms with Crippen LogP contribution in [0.1, 0.15) is 17.7 Å². The molecule has 1 nitrogen and oxygen atoms in total. The van der Waals surface area contributed by atoms with Gasteiger partial charge in [0.15, 0.2) is 0 Å². The van der Waals surface area contributed by atoms with Crippen molar-refractivity contribution in [2.75, 3.05) is 0 Å². The van der Waals surface area contributed by atoms with Crippen molar-refractivity contribution in [2.24, 2.45) is 0 Å². The fraction of sp³-hybridized carbons (Fsp3) is 0.111. The van der Waals surface area contributed by atoms with Crippen LogP contribution in [0.5, 0.6) is 0 Å². The van der Waals surface area contributed by atoms with Crippen molar-refractivity contribution in [1.82, 2.24) is 4.57 Å². The van der Waals surface area contributed by atoms with E-state index < -0.39 is 0 Å². The van der Waals surface area contributed by atoms with Crippen molar-refractivity contribution in [2.45, 2.75) is 12.8 Å². The van der Waals surface area contributed by atoms with Crippen molar-refractivity contribution < 1.29 is 0 Å². The SMILES string of the molecule is Brc1ccc2c3c(n(-c4ccccc4)c2c1)CCC=C3. The van der Waals surface area contributed by atoms with Crippen LogP contribution in [-0.2, 0) is 6.42 Å². The fourth-order valence-corrected chi connectivity index (χ4v) is 3.41. The van der Waals surface area contributed by atoms with E-state index in [1.807, 2.05) is 0 Å². The topological polar surface area (TPSA) is 4.93 Å². The first-order chi connectivity index (χ1) is 9.84. The van der Waals surface area contributed by atoms with Gasteiger partial charge >= 0.3 is 0 Å². The van der Waals surface area contributed by atoms with Gasteiger partial charge in [0.05, 0.1) is 5.52 Å². The average Bonchev–Trinajstić information content (AvgIpc) is 2.81. The van der Waals surface area contributed by atoms with Gasteiger partial charge in [-0.2, -0.15) is 0 Å². The van der Waals surface area contributed by atoms with Gasteiger partial charge in [-0.15, -0.1) is 0 Å². The zero-order chi connectivity index (χ0) is 13.5. The highest BCUT2D eigenvalue weighted by molar-refractivity contribution is 9.10. The van der Waals surface area contributed by atoms with Gasteiger partial charge in [-0.05, 0) is 37.1 Å². The highest BCUT2D eigenvalue weighted by atomic mass is 79.9. The Bertz CT molecular complexity index is 812. The highest BCUT2D eigenvalue weighted by Crippen LogP contribution is 2.35. The maximum atomic E-state index is 3.60. The van der Waals surface area contributed by atoms with Gasteiger partial charge in [0, 0.05) is 26.8 Å². The third-order valence-corrected chi connectivity index (χ3v) is 4.41. The van der Waals surface area contributed by atoms with E-state index in [0.717, 1.165) is 17.3 Å². The Labute approximate surface area is 126 Å². The zero-order valence-electron chi connectivity index (χ0n) is 11.0. The lowest BCUT2D eigenvalue weighted by Gasteiger charge is -2.13. The summed E-state index contributed by atoms with van der Waals surface area (Å²) in [6.07, 6.45) is 6.78. The van der Waals surface area contributed by atoms with Crippen molar-refractivity contribution in [3.05, 3.63) is 70.3 Å². The molecule has 20 heavy (non-hydrogen) atoms. The predicted molar refractivity (Wildman–Crippen MR) is 88.3 cm³/mol. The van der Waals surface area contributed by atoms with Gasteiger partial charge in [-0.25, -0.2) is 0 Å². The van der Waals surface area contributed by atoms with E-state index in [1.54, 1.807) is 0 Å². The summed E-state index contributed by atoms with van der Waals surface area (Å²) in [4.78, 5) is 0. The molecule has 0 atom stereocenters. The number of fused-ring (bicyclic) bond motifs is 3. The smallest absolute Gasteiger partial charge is 0.0548 e. The molecule has 3 aromatic rings. The Morgan fingerprint density at radius 2 is 1.85 bits per heavy atom. The van der Waals surface area contributed by atoms with Crippen LogP contribution in [0.4, 0.5) is 0 Å². The van der Waals surface area contributed by atoms with Gasteiger partial charge in [0.1, 0.15) is 0 Å². The Kier molecular flexibility index (Phi) is 2.78. The van der Waals surface area contributed by atoms with Crippen LogP contribution in [0.2, 0.25) is 0 Å². The van der Waals surface area contributed by atoms with Crippen LogP contribution in [0.15, 0.2) is 59.1 Å². The first kappa shape index (κ1) is 12.0. The van der Waals surface area contributed by atoms with Crippen molar-refractivity contribution >= 4 is 32.9 Å². The van der Waals surface area contributed by atoms with E-state index in [1.165, 1.54) is 27.8 Å². The lowest BCUT2D eigenvalue weighted by Crippen LogP contribution is -2.02. The number of allylic oxidation sites excluding steroid dienone is 1. The molecule has 0 radical (unpaired) electrons. The number of halogens is 1. The lowest BCUT2D eigenvalue weighted by molar-refractivity contribution is 0.888. The van der Waals surface area contributed by atoms with Crippen LogP contribution < -0.4 is 0 Å². The van der Waals surface area contributed by atoms with Crippen molar-refractivity contribution in [3.63, 3.8) is 0 Å². The molecule has 98 valence electrons. The second kappa shape index (κ2) is 4.64. The zero-order valence-corrected chi connectivity index (χ0v) is 12.6. The van der Waals surface area contributed by atoms with Crippen molar-refractivity contribution in [1.29, 1.82) is 0 Å².